The largest absolute Gasteiger partial charge is 0.472 e. The summed E-state index contributed by atoms with van der Waals surface area (Å²) >= 11 is 0. The van der Waals surface area contributed by atoms with Crippen molar-refractivity contribution in [1.82, 2.24) is 0 Å². The van der Waals surface area contributed by atoms with E-state index in [1.807, 2.05) is 0 Å². The first-order chi connectivity index (χ1) is 40.9. The Morgan fingerprint density at radius 3 is 0.800 bits per heavy atom. The number of carbonyl (C=O) groups is 4. The number of ether oxygens (including phenoxy) is 4. The third-order valence-corrected chi connectivity index (χ3v) is 17.1. The second-order valence-corrected chi connectivity index (χ2v) is 27.7. The van der Waals surface area contributed by atoms with Crippen LogP contribution in [-0.2, 0) is 65.4 Å². The fraction of sp³-hybridized carbons (Fsp3) is 0.939. The first-order valence-electron chi connectivity index (χ1n) is 34.5. The number of esters is 4. The molecule has 0 heterocycles. The van der Waals surface area contributed by atoms with Crippen LogP contribution < -0.4 is 0 Å². The highest BCUT2D eigenvalue weighted by atomic mass is 31.2. The van der Waals surface area contributed by atoms with E-state index in [1.54, 1.807) is 0 Å². The molecule has 5 atom stereocenters. The van der Waals surface area contributed by atoms with E-state index in [2.05, 4.69) is 41.5 Å². The Morgan fingerprint density at radius 2 is 0.541 bits per heavy atom. The molecule has 0 fully saturated rings. The lowest BCUT2D eigenvalue weighted by Crippen LogP contribution is -2.30. The molecule has 0 aromatic heterocycles. The van der Waals surface area contributed by atoms with Gasteiger partial charge >= 0.3 is 39.5 Å². The summed E-state index contributed by atoms with van der Waals surface area (Å²) in [7, 11) is -9.89. The molecule has 85 heavy (non-hydrogen) atoms. The van der Waals surface area contributed by atoms with E-state index in [9.17, 15) is 43.2 Å². The van der Waals surface area contributed by atoms with Gasteiger partial charge in [0.05, 0.1) is 26.4 Å². The molecule has 2 unspecified atom stereocenters. The molecule has 0 saturated carbocycles. The number of hydrogen-bond donors (Lipinski definition) is 3. The summed E-state index contributed by atoms with van der Waals surface area (Å²) in [4.78, 5) is 72.2. The molecule has 0 aliphatic carbocycles. The molecule has 0 radical (unpaired) electrons. The van der Waals surface area contributed by atoms with Crippen LogP contribution in [0.3, 0.4) is 0 Å². The monoisotopic (exact) mass is 1250 g/mol. The molecule has 3 N–H and O–H groups in total. The molecule has 0 aliphatic rings. The number of unbranched alkanes of at least 4 members (excludes halogenated alkanes) is 35. The maximum absolute atomic E-state index is 13.0. The molecule has 0 aliphatic heterocycles. The molecule has 0 spiro atoms. The number of carbonyl (C=O) groups excluding carboxylic acids is 4. The highest BCUT2D eigenvalue weighted by molar-refractivity contribution is 7.47. The molecule has 0 aromatic rings. The second kappa shape index (κ2) is 58.4. The molecule has 19 heteroatoms. The molecular formula is C66H128O17P2. The van der Waals surface area contributed by atoms with Crippen molar-refractivity contribution >= 4 is 39.5 Å². The van der Waals surface area contributed by atoms with Gasteiger partial charge in [-0.3, -0.25) is 37.3 Å². The third kappa shape index (κ3) is 60.7. The number of phosphoric ester groups is 2. The lowest BCUT2D eigenvalue weighted by atomic mass is 10.0. The summed E-state index contributed by atoms with van der Waals surface area (Å²) in [5, 5.41) is 10.5. The average Bonchev–Trinajstić information content (AvgIpc) is 3.58. The van der Waals surface area contributed by atoms with Crippen LogP contribution in [0.2, 0.25) is 0 Å². The Labute approximate surface area is 517 Å². The topological polar surface area (TPSA) is 237 Å². The summed E-state index contributed by atoms with van der Waals surface area (Å²) < 4.78 is 68.0. The molecule has 504 valence electrons. The maximum atomic E-state index is 13.0. The van der Waals surface area contributed by atoms with E-state index in [0.717, 1.165) is 108 Å². The van der Waals surface area contributed by atoms with E-state index in [4.69, 9.17) is 37.0 Å². The smallest absolute Gasteiger partial charge is 0.462 e. The molecular weight excluding hydrogens is 1130 g/mol. The summed E-state index contributed by atoms with van der Waals surface area (Å²) in [5.74, 6) is -0.597. The van der Waals surface area contributed by atoms with E-state index in [0.29, 0.717) is 25.7 Å². The standard InChI is InChI=1S/C66H128O17P2/c1-7-9-11-13-15-23-32-38-44-50-65(70)82-61(54-76-63(68)48-42-36-30-16-14-12-10-8-2)56-80-84(72,73)78-52-60(67)53-79-85(74,75)81-57-62(83-66(71)51-45-39-33-27-22-18-20-25-29-35-41-47-59(5)6)55-77-64(69)49-43-37-31-26-21-17-19-24-28-34-40-46-58(3)4/h58-62,67H,7-57H2,1-6H3,(H,72,73)(H,74,75)/t60-,61+,62+/m0/s1. The second-order valence-electron chi connectivity index (χ2n) is 24.8. The van der Waals surface area contributed by atoms with Crippen molar-refractivity contribution in [2.24, 2.45) is 11.8 Å². The van der Waals surface area contributed by atoms with Gasteiger partial charge in [-0.15, -0.1) is 0 Å². The highest BCUT2D eigenvalue weighted by Crippen LogP contribution is 2.45. The molecule has 0 amide bonds. The van der Waals surface area contributed by atoms with Crippen molar-refractivity contribution in [3.8, 4) is 0 Å². The molecule has 0 rings (SSSR count). The summed E-state index contributed by atoms with van der Waals surface area (Å²) in [6, 6.07) is 0. The number of rotatable bonds is 65. The number of aliphatic hydroxyl groups excluding tert-OH is 1. The quantitative estimate of drug-likeness (QED) is 0.0222. The van der Waals surface area contributed by atoms with E-state index < -0.39 is 97.5 Å². The van der Waals surface area contributed by atoms with Crippen molar-refractivity contribution in [3.05, 3.63) is 0 Å². The zero-order chi connectivity index (χ0) is 62.9. The van der Waals surface area contributed by atoms with E-state index in [1.165, 1.54) is 141 Å². The van der Waals surface area contributed by atoms with Gasteiger partial charge in [-0.05, 0) is 37.5 Å². The average molecular weight is 1260 g/mol. The predicted octanol–water partition coefficient (Wildman–Crippen LogP) is 18.4. The minimum Gasteiger partial charge on any atom is -0.462 e. The zero-order valence-electron chi connectivity index (χ0n) is 54.9. The third-order valence-electron chi connectivity index (χ3n) is 15.2. The first kappa shape index (κ1) is 83.1. The molecule has 0 saturated heterocycles. The van der Waals surface area contributed by atoms with Gasteiger partial charge in [0.1, 0.15) is 19.3 Å². The van der Waals surface area contributed by atoms with Crippen molar-refractivity contribution in [1.29, 1.82) is 0 Å². The summed E-state index contributed by atoms with van der Waals surface area (Å²) in [6.07, 6.45) is 41.7. The minimum atomic E-state index is -4.95. The van der Waals surface area contributed by atoms with Gasteiger partial charge in [-0.1, -0.05) is 279 Å². The van der Waals surface area contributed by atoms with Gasteiger partial charge in [-0.25, -0.2) is 9.13 Å². The van der Waals surface area contributed by atoms with Gasteiger partial charge in [0.15, 0.2) is 12.2 Å². The van der Waals surface area contributed by atoms with Gasteiger partial charge in [-0.2, -0.15) is 0 Å². The van der Waals surface area contributed by atoms with Crippen LogP contribution in [-0.4, -0.2) is 96.7 Å². The normalized spacial score (nSPS) is 14.2. The van der Waals surface area contributed by atoms with Gasteiger partial charge < -0.3 is 33.8 Å². The Kier molecular flexibility index (Phi) is 57.1. The number of aliphatic hydroxyl groups is 1. The number of hydrogen-bond acceptors (Lipinski definition) is 15. The van der Waals surface area contributed by atoms with E-state index >= 15 is 0 Å². The van der Waals surface area contributed by atoms with Crippen molar-refractivity contribution in [2.45, 2.75) is 349 Å². The predicted molar refractivity (Wildman–Crippen MR) is 340 cm³/mol. The fourth-order valence-electron chi connectivity index (χ4n) is 9.88. The van der Waals surface area contributed by atoms with Crippen molar-refractivity contribution in [3.63, 3.8) is 0 Å². The van der Waals surface area contributed by atoms with Crippen LogP contribution >= 0.6 is 15.6 Å². The minimum absolute atomic E-state index is 0.105. The Morgan fingerprint density at radius 1 is 0.318 bits per heavy atom. The first-order valence-corrected chi connectivity index (χ1v) is 37.5. The van der Waals surface area contributed by atoms with Crippen LogP contribution in [0.25, 0.3) is 0 Å². The Hall–Kier alpha value is -1.94. The van der Waals surface area contributed by atoms with Crippen molar-refractivity contribution in [2.75, 3.05) is 39.6 Å². The maximum Gasteiger partial charge on any atom is 0.472 e. The molecule has 17 nitrogen and oxygen atoms in total. The van der Waals surface area contributed by atoms with Crippen LogP contribution in [0.1, 0.15) is 330 Å². The molecule has 0 aromatic carbocycles. The van der Waals surface area contributed by atoms with Crippen molar-refractivity contribution < 1.29 is 80.2 Å². The fourth-order valence-corrected chi connectivity index (χ4v) is 11.5. The summed E-state index contributed by atoms with van der Waals surface area (Å²) in [6.45, 7) is 9.48. The van der Waals surface area contributed by atoms with Crippen LogP contribution in [0.15, 0.2) is 0 Å². The van der Waals surface area contributed by atoms with Crippen LogP contribution in [0, 0.1) is 11.8 Å². The van der Waals surface area contributed by atoms with Gasteiger partial charge in [0, 0.05) is 25.7 Å². The van der Waals surface area contributed by atoms with Crippen LogP contribution in [0.5, 0.6) is 0 Å². The van der Waals surface area contributed by atoms with E-state index in [-0.39, 0.29) is 25.7 Å². The lowest BCUT2D eigenvalue weighted by molar-refractivity contribution is -0.161. The SMILES string of the molecule is CCCCCCCCCCCC(=O)O[C@H](COC(=O)CCCCCCCCCC)COP(=O)(O)OC[C@H](O)COP(=O)(O)OC[C@@H](COC(=O)CCCCCCCCCCCCCC(C)C)OC(=O)CCCCCCCCCCCCCC(C)C. The van der Waals surface area contributed by atoms with Crippen LogP contribution in [0.4, 0.5) is 0 Å². The Bertz CT molecular complexity index is 1670. The van der Waals surface area contributed by atoms with Gasteiger partial charge in [0.25, 0.3) is 0 Å². The highest BCUT2D eigenvalue weighted by Gasteiger charge is 2.30. The Balaban J connectivity index is 5.22. The summed E-state index contributed by atoms with van der Waals surface area (Å²) in [5.41, 5.74) is 0. The zero-order valence-corrected chi connectivity index (χ0v) is 56.7. The number of phosphoric acid groups is 2. The van der Waals surface area contributed by atoms with Gasteiger partial charge in [0.2, 0.25) is 0 Å². The molecule has 0 bridgehead atoms. The lowest BCUT2D eigenvalue weighted by Gasteiger charge is -2.21.